The molecular formula is C51H36. The molecule has 0 fully saturated rings. The van der Waals surface area contributed by atoms with Crippen LogP contribution in [0.15, 0.2) is 182 Å². The molecule has 0 spiro atoms. The van der Waals surface area contributed by atoms with Crippen LogP contribution >= 0.6 is 0 Å². The second-order valence-electron chi connectivity index (χ2n) is 14.4. The molecule has 0 bridgehead atoms. The predicted molar refractivity (Wildman–Crippen MR) is 218 cm³/mol. The van der Waals surface area contributed by atoms with Crippen LogP contribution in [0.2, 0.25) is 0 Å². The Morgan fingerprint density at radius 2 is 0.784 bits per heavy atom. The Balaban J connectivity index is 1.13. The minimum atomic E-state index is -0.0612. The Hall–Kier alpha value is -6.24. The first-order chi connectivity index (χ1) is 25.1. The van der Waals surface area contributed by atoms with Crippen molar-refractivity contribution >= 4 is 32.3 Å². The normalized spacial score (nSPS) is 13.1. The van der Waals surface area contributed by atoms with Gasteiger partial charge in [-0.2, -0.15) is 0 Å². The van der Waals surface area contributed by atoms with E-state index in [0.717, 1.165) is 0 Å². The van der Waals surface area contributed by atoms with Crippen molar-refractivity contribution in [2.75, 3.05) is 0 Å². The molecule has 1 aliphatic rings. The third-order valence-electron chi connectivity index (χ3n) is 11.2. The van der Waals surface area contributed by atoms with Crippen LogP contribution in [0.25, 0.3) is 88.0 Å². The zero-order valence-electron chi connectivity index (χ0n) is 28.8. The lowest BCUT2D eigenvalue weighted by molar-refractivity contribution is 0.662. The van der Waals surface area contributed by atoms with Gasteiger partial charge in [0.05, 0.1) is 0 Å². The van der Waals surface area contributed by atoms with Gasteiger partial charge in [0.2, 0.25) is 0 Å². The first-order valence-electron chi connectivity index (χ1n) is 17.9. The molecule has 0 amide bonds. The van der Waals surface area contributed by atoms with Crippen molar-refractivity contribution in [3.8, 4) is 55.6 Å². The molecule has 240 valence electrons. The Morgan fingerprint density at radius 3 is 1.51 bits per heavy atom. The van der Waals surface area contributed by atoms with E-state index in [1.165, 1.54) is 99.1 Å². The highest BCUT2D eigenvalue weighted by Gasteiger charge is 2.37. The fourth-order valence-corrected chi connectivity index (χ4v) is 8.97. The summed E-state index contributed by atoms with van der Waals surface area (Å²) in [4.78, 5) is 0. The monoisotopic (exact) mass is 648 g/mol. The molecule has 0 saturated carbocycles. The average Bonchev–Trinajstić information content (AvgIpc) is 3.43. The number of fused-ring (bicyclic) bond motifs is 6. The van der Waals surface area contributed by atoms with Crippen molar-refractivity contribution in [1.29, 1.82) is 0 Å². The minimum Gasteiger partial charge on any atom is -0.0619 e. The van der Waals surface area contributed by atoms with Crippen molar-refractivity contribution in [3.05, 3.63) is 193 Å². The molecule has 1 aliphatic carbocycles. The van der Waals surface area contributed by atoms with Gasteiger partial charge in [-0.3, -0.25) is 0 Å². The quantitative estimate of drug-likeness (QED) is 0.167. The van der Waals surface area contributed by atoms with E-state index in [2.05, 4.69) is 196 Å². The largest absolute Gasteiger partial charge is 0.0619 e. The summed E-state index contributed by atoms with van der Waals surface area (Å²) in [5, 5.41) is 7.62. The lowest BCUT2D eigenvalue weighted by atomic mass is 9.78. The van der Waals surface area contributed by atoms with E-state index in [9.17, 15) is 0 Å². The molecule has 0 N–H and O–H groups in total. The smallest absolute Gasteiger partial charge is 0.0165 e. The molecule has 0 aromatic heterocycles. The third-order valence-corrected chi connectivity index (χ3v) is 11.2. The van der Waals surface area contributed by atoms with Crippen molar-refractivity contribution < 1.29 is 0 Å². The van der Waals surface area contributed by atoms with Crippen molar-refractivity contribution in [1.82, 2.24) is 0 Å². The molecule has 0 heterocycles. The summed E-state index contributed by atoms with van der Waals surface area (Å²) in [6.07, 6.45) is 0. The van der Waals surface area contributed by atoms with Crippen LogP contribution in [-0.4, -0.2) is 0 Å². The zero-order chi connectivity index (χ0) is 34.1. The molecule has 0 radical (unpaired) electrons. The summed E-state index contributed by atoms with van der Waals surface area (Å²) in [5.41, 5.74) is 15.6. The van der Waals surface area contributed by atoms with Gasteiger partial charge in [0, 0.05) is 5.41 Å². The van der Waals surface area contributed by atoms with E-state index < -0.39 is 0 Å². The molecule has 0 atom stereocenters. The maximum Gasteiger partial charge on any atom is 0.0165 e. The van der Waals surface area contributed by atoms with E-state index in [0.29, 0.717) is 0 Å². The van der Waals surface area contributed by atoms with Crippen LogP contribution in [-0.2, 0) is 5.41 Å². The molecule has 51 heavy (non-hydrogen) atoms. The van der Waals surface area contributed by atoms with Crippen molar-refractivity contribution in [3.63, 3.8) is 0 Å². The first-order valence-corrected chi connectivity index (χ1v) is 17.9. The van der Waals surface area contributed by atoms with Crippen LogP contribution in [0.3, 0.4) is 0 Å². The molecular weight excluding hydrogens is 613 g/mol. The van der Waals surface area contributed by atoms with Crippen molar-refractivity contribution in [2.24, 2.45) is 0 Å². The Labute approximate surface area is 299 Å². The lowest BCUT2D eigenvalue weighted by Gasteiger charge is -2.24. The number of benzene rings is 9. The molecule has 0 saturated heterocycles. The number of rotatable bonds is 4. The van der Waals surface area contributed by atoms with Crippen LogP contribution in [0.4, 0.5) is 0 Å². The Kier molecular flexibility index (Phi) is 6.63. The van der Waals surface area contributed by atoms with E-state index in [4.69, 9.17) is 0 Å². The fourth-order valence-electron chi connectivity index (χ4n) is 8.97. The summed E-state index contributed by atoms with van der Waals surface area (Å²) in [5.74, 6) is 0. The van der Waals surface area contributed by atoms with Crippen LogP contribution in [0.1, 0.15) is 25.0 Å². The zero-order valence-corrected chi connectivity index (χ0v) is 28.8. The Morgan fingerprint density at radius 1 is 0.314 bits per heavy atom. The molecule has 10 rings (SSSR count). The highest BCUT2D eigenvalue weighted by Crippen LogP contribution is 2.52. The Bertz CT molecular complexity index is 2750. The summed E-state index contributed by atoms with van der Waals surface area (Å²) < 4.78 is 0. The van der Waals surface area contributed by atoms with Gasteiger partial charge in [0.15, 0.2) is 0 Å². The third kappa shape index (κ3) is 4.53. The summed E-state index contributed by atoms with van der Waals surface area (Å²) in [7, 11) is 0. The second-order valence-corrected chi connectivity index (χ2v) is 14.4. The van der Waals surface area contributed by atoms with Crippen LogP contribution < -0.4 is 0 Å². The van der Waals surface area contributed by atoms with Gasteiger partial charge >= 0.3 is 0 Å². The van der Waals surface area contributed by atoms with Gasteiger partial charge in [-0.15, -0.1) is 0 Å². The highest BCUT2D eigenvalue weighted by molar-refractivity contribution is 6.21. The van der Waals surface area contributed by atoms with Gasteiger partial charge < -0.3 is 0 Å². The summed E-state index contributed by atoms with van der Waals surface area (Å²) >= 11 is 0. The summed E-state index contributed by atoms with van der Waals surface area (Å²) in [6.45, 7) is 4.74. The lowest BCUT2D eigenvalue weighted by Crippen LogP contribution is -2.16. The van der Waals surface area contributed by atoms with E-state index in [1.54, 1.807) is 0 Å². The number of hydrogen-bond donors (Lipinski definition) is 0. The highest BCUT2D eigenvalue weighted by atomic mass is 14.4. The standard InChI is InChI=1S/C51H36/c1-51(2)47-27-10-9-19-41(47)46-26-13-25-40(50(46)51)34-28-30-35(31-29-34)48-42-20-5-7-22-44(42)49(45-23-8-6-21-43(45)48)37-17-11-16-36(32-37)39-24-12-15-33-14-3-4-18-38(33)39/h3-32H,1-2H3. The summed E-state index contributed by atoms with van der Waals surface area (Å²) in [6, 6.07) is 67.3. The molecule has 0 unspecified atom stereocenters. The van der Waals surface area contributed by atoms with Gasteiger partial charge in [-0.25, -0.2) is 0 Å². The van der Waals surface area contributed by atoms with Crippen LogP contribution in [0, 0.1) is 0 Å². The van der Waals surface area contributed by atoms with Gasteiger partial charge in [-0.1, -0.05) is 190 Å². The fraction of sp³-hybridized carbons (Fsp3) is 0.0588. The van der Waals surface area contributed by atoms with E-state index in [1.807, 2.05) is 0 Å². The van der Waals surface area contributed by atoms with E-state index >= 15 is 0 Å². The van der Waals surface area contributed by atoms with Crippen molar-refractivity contribution in [2.45, 2.75) is 19.3 Å². The number of hydrogen-bond acceptors (Lipinski definition) is 0. The minimum absolute atomic E-state index is 0.0612. The van der Waals surface area contributed by atoms with Gasteiger partial charge in [-0.05, 0) is 105 Å². The predicted octanol–water partition coefficient (Wildman–Crippen LogP) is 14.1. The van der Waals surface area contributed by atoms with Crippen LogP contribution in [0.5, 0.6) is 0 Å². The van der Waals surface area contributed by atoms with Gasteiger partial charge in [0.1, 0.15) is 0 Å². The maximum absolute atomic E-state index is 2.38. The second kappa shape index (κ2) is 11.4. The van der Waals surface area contributed by atoms with E-state index in [-0.39, 0.29) is 5.41 Å². The molecule has 0 heteroatoms. The molecule has 9 aromatic carbocycles. The molecule has 0 aliphatic heterocycles. The molecule has 0 nitrogen and oxygen atoms in total. The maximum atomic E-state index is 2.38. The average molecular weight is 649 g/mol. The molecule has 9 aromatic rings. The van der Waals surface area contributed by atoms with Gasteiger partial charge in [0.25, 0.3) is 0 Å². The first kappa shape index (κ1) is 29.7. The SMILES string of the molecule is CC1(C)c2ccccc2-c2cccc(-c3ccc(-c4c5ccccc5c(-c5cccc(-c6cccc7ccccc67)c5)c5ccccc45)cc3)c21. The topological polar surface area (TPSA) is 0 Å².